The number of nitrogens with zero attached hydrogens (tertiary/aromatic N) is 3. The molecule has 0 aliphatic heterocycles. The van der Waals surface area contributed by atoms with Crippen LogP contribution in [0.15, 0.2) is 11.7 Å². The van der Waals surface area contributed by atoms with E-state index < -0.39 is 0 Å². The first kappa shape index (κ1) is 9.54. The van der Waals surface area contributed by atoms with Crippen molar-refractivity contribution in [1.29, 1.82) is 0 Å². The second-order valence-electron chi connectivity index (χ2n) is 2.90. The van der Waals surface area contributed by atoms with E-state index in [-0.39, 0.29) is 6.04 Å². The van der Waals surface area contributed by atoms with Gasteiger partial charge in [0, 0.05) is 11.1 Å². The van der Waals surface area contributed by atoms with Crippen molar-refractivity contribution in [3.8, 4) is 0 Å². The Balaban J connectivity index is 2.05. The van der Waals surface area contributed by atoms with Gasteiger partial charge in [-0.3, -0.25) is 4.98 Å². The topological polar surface area (TPSA) is 50.7 Å². The number of aromatic nitrogens is 3. The molecule has 2 heterocycles. The van der Waals surface area contributed by atoms with Crippen LogP contribution in [0.1, 0.15) is 22.9 Å². The van der Waals surface area contributed by atoms with E-state index in [9.17, 15) is 0 Å². The maximum atomic E-state index is 4.04. The van der Waals surface area contributed by atoms with Gasteiger partial charge in [0.1, 0.15) is 5.01 Å². The largest absolute Gasteiger partial charge is 0.353 e. The van der Waals surface area contributed by atoms with Crippen LogP contribution in [0.3, 0.4) is 0 Å². The van der Waals surface area contributed by atoms with E-state index in [1.165, 1.54) is 4.88 Å². The molecule has 0 spiro atoms. The predicted octanol–water partition coefficient (Wildman–Crippen LogP) is 2.48. The monoisotopic (exact) mass is 226 g/mol. The lowest BCUT2D eigenvalue weighted by atomic mass is 10.3. The highest BCUT2D eigenvalue weighted by Crippen LogP contribution is 2.23. The molecule has 2 aromatic rings. The van der Waals surface area contributed by atoms with Crippen molar-refractivity contribution in [3.63, 3.8) is 0 Å². The van der Waals surface area contributed by atoms with E-state index in [1.807, 2.05) is 18.6 Å². The maximum Gasteiger partial charge on any atom is 0.206 e. The zero-order valence-corrected chi connectivity index (χ0v) is 9.52. The third kappa shape index (κ3) is 2.08. The number of rotatable bonds is 3. The Hall–Kier alpha value is -1.01. The van der Waals surface area contributed by atoms with Crippen molar-refractivity contribution >= 4 is 27.8 Å². The van der Waals surface area contributed by atoms with Gasteiger partial charge in [-0.05, 0) is 13.8 Å². The molecule has 0 amide bonds. The summed E-state index contributed by atoms with van der Waals surface area (Å²) in [6.07, 6.45) is 1.87. The zero-order chi connectivity index (χ0) is 9.97. The third-order valence-electron chi connectivity index (χ3n) is 1.74. The van der Waals surface area contributed by atoms with Gasteiger partial charge < -0.3 is 5.32 Å². The summed E-state index contributed by atoms with van der Waals surface area (Å²) in [5.74, 6) is 0. The fourth-order valence-corrected chi connectivity index (χ4v) is 2.36. The number of aryl methyl sites for hydroxylation is 1. The van der Waals surface area contributed by atoms with Gasteiger partial charge in [0.05, 0.1) is 11.6 Å². The molecule has 4 nitrogen and oxygen atoms in total. The molecular formula is C8H10N4S2. The summed E-state index contributed by atoms with van der Waals surface area (Å²) in [4.78, 5) is 5.24. The molecule has 0 saturated carbocycles. The molecule has 6 heteroatoms. The Labute approximate surface area is 90.0 Å². The smallest absolute Gasteiger partial charge is 0.206 e. The first-order valence-corrected chi connectivity index (χ1v) is 5.90. The Kier molecular flexibility index (Phi) is 2.74. The molecule has 1 N–H and O–H groups in total. The summed E-state index contributed by atoms with van der Waals surface area (Å²) < 4.78 is 0. The molecule has 74 valence electrons. The Bertz CT molecular complexity index is 395. The first-order valence-electron chi connectivity index (χ1n) is 4.21. The molecule has 1 unspecified atom stereocenters. The molecular weight excluding hydrogens is 216 g/mol. The molecule has 0 saturated heterocycles. The van der Waals surface area contributed by atoms with Crippen molar-refractivity contribution in [2.45, 2.75) is 19.9 Å². The SMILES string of the molecule is Cc1nnc(NC(C)c2cncs2)s1. The second kappa shape index (κ2) is 4.02. The van der Waals surface area contributed by atoms with Crippen LogP contribution in [0.5, 0.6) is 0 Å². The lowest BCUT2D eigenvalue weighted by Crippen LogP contribution is -2.04. The standard InChI is InChI=1S/C8H10N4S2/c1-5(7-3-9-4-13-7)10-8-12-11-6(2)14-8/h3-5H,1-2H3,(H,10,12). The van der Waals surface area contributed by atoms with Crippen LogP contribution in [0.25, 0.3) is 0 Å². The fraction of sp³-hybridized carbons (Fsp3) is 0.375. The van der Waals surface area contributed by atoms with E-state index in [1.54, 1.807) is 22.7 Å². The van der Waals surface area contributed by atoms with Gasteiger partial charge in [-0.1, -0.05) is 11.3 Å². The van der Waals surface area contributed by atoms with Crippen LogP contribution in [0, 0.1) is 6.92 Å². The average molecular weight is 226 g/mol. The minimum Gasteiger partial charge on any atom is -0.353 e. The van der Waals surface area contributed by atoms with Gasteiger partial charge in [-0.15, -0.1) is 21.5 Å². The fourth-order valence-electron chi connectivity index (χ4n) is 1.05. The average Bonchev–Trinajstić information content (AvgIpc) is 2.75. The maximum absolute atomic E-state index is 4.04. The predicted molar refractivity (Wildman–Crippen MR) is 58.8 cm³/mol. The van der Waals surface area contributed by atoms with Crippen molar-refractivity contribution in [1.82, 2.24) is 15.2 Å². The van der Waals surface area contributed by atoms with Crippen LogP contribution in [0.4, 0.5) is 5.13 Å². The summed E-state index contributed by atoms with van der Waals surface area (Å²) in [6, 6.07) is 0.245. The highest BCUT2D eigenvalue weighted by molar-refractivity contribution is 7.15. The van der Waals surface area contributed by atoms with Crippen LogP contribution < -0.4 is 5.32 Å². The summed E-state index contributed by atoms with van der Waals surface area (Å²) in [5.41, 5.74) is 1.83. The number of nitrogens with one attached hydrogen (secondary N) is 1. The van der Waals surface area contributed by atoms with E-state index in [2.05, 4.69) is 27.4 Å². The zero-order valence-electron chi connectivity index (χ0n) is 7.89. The Morgan fingerprint density at radius 3 is 2.86 bits per heavy atom. The van der Waals surface area contributed by atoms with Crippen molar-refractivity contribution < 1.29 is 0 Å². The molecule has 0 aromatic carbocycles. The van der Waals surface area contributed by atoms with Gasteiger partial charge in [-0.25, -0.2) is 0 Å². The minimum atomic E-state index is 0.245. The first-order chi connectivity index (χ1) is 6.75. The summed E-state index contributed by atoms with van der Waals surface area (Å²) in [5, 5.41) is 13.1. The second-order valence-corrected chi connectivity index (χ2v) is 5.00. The number of anilines is 1. The van der Waals surface area contributed by atoms with Gasteiger partial charge in [-0.2, -0.15) is 0 Å². The van der Waals surface area contributed by atoms with Crippen molar-refractivity contribution in [3.05, 3.63) is 21.6 Å². The molecule has 14 heavy (non-hydrogen) atoms. The Morgan fingerprint density at radius 1 is 1.43 bits per heavy atom. The van der Waals surface area contributed by atoms with E-state index in [0.717, 1.165) is 10.1 Å². The number of hydrogen-bond acceptors (Lipinski definition) is 6. The lowest BCUT2D eigenvalue weighted by Gasteiger charge is -2.08. The van der Waals surface area contributed by atoms with Crippen LogP contribution in [-0.4, -0.2) is 15.2 Å². The highest BCUT2D eigenvalue weighted by Gasteiger charge is 2.08. The third-order valence-corrected chi connectivity index (χ3v) is 3.47. The molecule has 0 aliphatic rings. The summed E-state index contributed by atoms with van der Waals surface area (Å²) in [7, 11) is 0. The molecule has 1 atom stereocenters. The van der Waals surface area contributed by atoms with Crippen LogP contribution >= 0.6 is 22.7 Å². The van der Waals surface area contributed by atoms with Gasteiger partial charge >= 0.3 is 0 Å². The Morgan fingerprint density at radius 2 is 2.29 bits per heavy atom. The van der Waals surface area contributed by atoms with Gasteiger partial charge in [0.25, 0.3) is 0 Å². The van der Waals surface area contributed by atoms with E-state index in [4.69, 9.17) is 0 Å². The van der Waals surface area contributed by atoms with Crippen molar-refractivity contribution in [2.24, 2.45) is 0 Å². The molecule has 0 radical (unpaired) electrons. The highest BCUT2D eigenvalue weighted by atomic mass is 32.1. The van der Waals surface area contributed by atoms with Crippen LogP contribution in [-0.2, 0) is 0 Å². The lowest BCUT2D eigenvalue weighted by molar-refractivity contribution is 0.889. The number of hydrogen-bond donors (Lipinski definition) is 1. The van der Waals surface area contributed by atoms with Gasteiger partial charge in [0.2, 0.25) is 5.13 Å². The minimum absolute atomic E-state index is 0.245. The van der Waals surface area contributed by atoms with Crippen molar-refractivity contribution in [2.75, 3.05) is 5.32 Å². The molecule has 0 fully saturated rings. The molecule has 0 bridgehead atoms. The number of thiazole rings is 1. The quantitative estimate of drug-likeness (QED) is 0.873. The summed E-state index contributed by atoms with van der Waals surface area (Å²) in [6.45, 7) is 4.03. The summed E-state index contributed by atoms with van der Waals surface area (Å²) >= 11 is 3.20. The van der Waals surface area contributed by atoms with Crippen LogP contribution in [0.2, 0.25) is 0 Å². The normalized spacial score (nSPS) is 12.7. The molecule has 2 rings (SSSR count). The van der Waals surface area contributed by atoms with E-state index >= 15 is 0 Å². The van der Waals surface area contributed by atoms with E-state index in [0.29, 0.717) is 0 Å². The van der Waals surface area contributed by atoms with Gasteiger partial charge in [0.15, 0.2) is 0 Å². The molecule has 2 aromatic heterocycles. The molecule has 0 aliphatic carbocycles.